The van der Waals surface area contributed by atoms with Crippen molar-refractivity contribution in [2.24, 2.45) is 0 Å². The van der Waals surface area contributed by atoms with Gasteiger partial charge < -0.3 is 4.40 Å². The number of aromatic nitrogens is 2. The molecule has 0 fully saturated rings. The number of hydrogen-bond acceptors (Lipinski definition) is 2. The second-order valence-electron chi connectivity index (χ2n) is 2.75. The van der Waals surface area contributed by atoms with Crippen LogP contribution in [0, 0.1) is 18.3 Å². The summed E-state index contributed by atoms with van der Waals surface area (Å²) < 4.78 is 2.79. The number of aryl methyl sites for hydroxylation is 1. The van der Waals surface area contributed by atoms with Gasteiger partial charge in [0.15, 0.2) is 0 Å². The van der Waals surface area contributed by atoms with E-state index in [1.807, 2.05) is 17.4 Å². The van der Waals surface area contributed by atoms with Gasteiger partial charge >= 0.3 is 0 Å². The van der Waals surface area contributed by atoms with Crippen LogP contribution in [0.5, 0.6) is 0 Å². The van der Waals surface area contributed by atoms with Crippen LogP contribution in [-0.2, 0) is 0 Å². The van der Waals surface area contributed by atoms with Gasteiger partial charge in [-0.1, -0.05) is 0 Å². The van der Waals surface area contributed by atoms with Crippen LogP contribution in [0.2, 0.25) is 0 Å². The number of fused-ring (bicyclic) bond motifs is 1. The molecule has 4 heteroatoms. The van der Waals surface area contributed by atoms with Crippen molar-refractivity contribution in [3.63, 3.8) is 0 Å². The quantitative estimate of drug-likeness (QED) is 0.704. The largest absolute Gasteiger partial charge is 0.301 e. The predicted molar refractivity (Wildman–Crippen MR) is 52.3 cm³/mol. The summed E-state index contributed by atoms with van der Waals surface area (Å²) in [6.07, 6.45) is 3.47. The van der Waals surface area contributed by atoms with Gasteiger partial charge in [-0.25, -0.2) is 4.98 Å². The number of nitriles is 1. The van der Waals surface area contributed by atoms with Crippen molar-refractivity contribution in [1.82, 2.24) is 9.38 Å². The monoisotopic (exact) mass is 235 g/mol. The fourth-order valence-corrected chi connectivity index (χ4v) is 1.81. The van der Waals surface area contributed by atoms with Crippen LogP contribution < -0.4 is 0 Å². The summed E-state index contributed by atoms with van der Waals surface area (Å²) in [5.74, 6) is 0. The molecular formula is C9H6BrN3. The number of hydrogen-bond donors (Lipinski definition) is 0. The van der Waals surface area contributed by atoms with E-state index in [0.717, 1.165) is 15.7 Å². The Balaban J connectivity index is 2.95. The van der Waals surface area contributed by atoms with E-state index in [0.29, 0.717) is 5.56 Å². The summed E-state index contributed by atoms with van der Waals surface area (Å²) >= 11 is 3.39. The van der Waals surface area contributed by atoms with Crippen molar-refractivity contribution in [3.8, 4) is 6.07 Å². The summed E-state index contributed by atoms with van der Waals surface area (Å²) in [5, 5.41) is 8.84. The smallest absolute Gasteiger partial charge is 0.101 e. The minimum atomic E-state index is 0.664. The third kappa shape index (κ3) is 1.12. The van der Waals surface area contributed by atoms with Gasteiger partial charge in [0, 0.05) is 10.2 Å². The SMILES string of the molecule is Cc1c(C#N)cc(Br)c2cncn12. The standard InChI is InChI=1S/C9H6BrN3/c1-6-7(3-11)2-8(10)9-4-12-5-13(6)9/h2,4-5H,1H3. The van der Waals surface area contributed by atoms with Crippen molar-refractivity contribution < 1.29 is 0 Å². The van der Waals surface area contributed by atoms with Crippen LogP contribution in [0.4, 0.5) is 0 Å². The molecule has 0 aliphatic carbocycles. The van der Waals surface area contributed by atoms with Gasteiger partial charge in [-0.15, -0.1) is 0 Å². The Kier molecular flexibility index (Phi) is 1.82. The average Bonchev–Trinajstić information content (AvgIpc) is 2.60. The molecule has 0 spiro atoms. The molecule has 0 atom stereocenters. The summed E-state index contributed by atoms with van der Waals surface area (Å²) in [5.41, 5.74) is 2.56. The van der Waals surface area contributed by atoms with Gasteiger partial charge in [-0.05, 0) is 28.9 Å². The zero-order chi connectivity index (χ0) is 9.42. The number of nitrogens with zero attached hydrogens (tertiary/aromatic N) is 3. The van der Waals surface area contributed by atoms with E-state index >= 15 is 0 Å². The van der Waals surface area contributed by atoms with E-state index in [1.165, 1.54) is 0 Å². The van der Waals surface area contributed by atoms with Gasteiger partial charge in [0.2, 0.25) is 0 Å². The Bertz CT molecular complexity index is 507. The van der Waals surface area contributed by atoms with Gasteiger partial charge in [0.25, 0.3) is 0 Å². The van der Waals surface area contributed by atoms with Crippen LogP contribution in [0.15, 0.2) is 23.1 Å². The molecule has 0 bridgehead atoms. The maximum absolute atomic E-state index is 8.84. The number of imidazole rings is 1. The first-order valence-corrected chi connectivity index (χ1v) is 4.54. The Morgan fingerprint density at radius 1 is 1.62 bits per heavy atom. The zero-order valence-corrected chi connectivity index (χ0v) is 8.54. The lowest BCUT2D eigenvalue weighted by Gasteiger charge is -2.03. The summed E-state index contributed by atoms with van der Waals surface area (Å²) in [6.45, 7) is 1.90. The molecule has 13 heavy (non-hydrogen) atoms. The van der Waals surface area contributed by atoms with E-state index in [2.05, 4.69) is 27.0 Å². The molecular weight excluding hydrogens is 230 g/mol. The van der Waals surface area contributed by atoms with Crippen LogP contribution in [-0.4, -0.2) is 9.38 Å². The van der Waals surface area contributed by atoms with Crippen molar-refractivity contribution in [2.45, 2.75) is 6.92 Å². The molecule has 0 amide bonds. The lowest BCUT2D eigenvalue weighted by molar-refractivity contribution is 1.06. The third-order valence-electron chi connectivity index (χ3n) is 2.03. The first-order valence-electron chi connectivity index (χ1n) is 3.75. The van der Waals surface area contributed by atoms with E-state index < -0.39 is 0 Å². The van der Waals surface area contributed by atoms with Gasteiger partial charge in [0.1, 0.15) is 6.07 Å². The topological polar surface area (TPSA) is 41.1 Å². The zero-order valence-electron chi connectivity index (χ0n) is 6.95. The molecule has 2 heterocycles. The molecule has 3 nitrogen and oxygen atoms in total. The van der Waals surface area contributed by atoms with Crippen LogP contribution in [0.1, 0.15) is 11.3 Å². The summed E-state index contributed by atoms with van der Waals surface area (Å²) in [7, 11) is 0. The highest BCUT2D eigenvalue weighted by atomic mass is 79.9. The van der Waals surface area contributed by atoms with Gasteiger partial charge in [-0.2, -0.15) is 5.26 Å². The highest BCUT2D eigenvalue weighted by molar-refractivity contribution is 9.10. The molecule has 0 saturated heterocycles. The molecule has 0 unspecified atom stereocenters. The van der Waals surface area contributed by atoms with Crippen molar-refractivity contribution in [1.29, 1.82) is 5.26 Å². The highest BCUT2D eigenvalue weighted by Crippen LogP contribution is 2.21. The third-order valence-corrected chi connectivity index (χ3v) is 2.66. The molecule has 0 N–H and O–H groups in total. The minimum absolute atomic E-state index is 0.664. The summed E-state index contributed by atoms with van der Waals surface area (Å²) in [6, 6.07) is 3.95. The highest BCUT2D eigenvalue weighted by Gasteiger charge is 2.06. The Hall–Kier alpha value is -1.34. The van der Waals surface area contributed by atoms with Crippen LogP contribution in [0.25, 0.3) is 5.52 Å². The Morgan fingerprint density at radius 2 is 2.38 bits per heavy atom. The molecule has 0 saturated carbocycles. The first kappa shape index (κ1) is 8.27. The first-order chi connectivity index (χ1) is 6.24. The fraction of sp³-hybridized carbons (Fsp3) is 0.111. The molecule has 0 aromatic carbocycles. The molecule has 64 valence electrons. The number of pyridine rings is 1. The van der Waals surface area contributed by atoms with Crippen molar-refractivity contribution in [2.75, 3.05) is 0 Å². The average molecular weight is 236 g/mol. The van der Waals surface area contributed by atoms with E-state index in [4.69, 9.17) is 5.26 Å². The molecule has 2 aromatic rings. The van der Waals surface area contributed by atoms with Crippen LogP contribution >= 0.6 is 15.9 Å². The number of rotatable bonds is 0. The van der Waals surface area contributed by atoms with Crippen molar-refractivity contribution >= 4 is 21.4 Å². The Labute approximate surface area is 83.8 Å². The van der Waals surface area contributed by atoms with E-state index in [9.17, 15) is 0 Å². The molecule has 0 aliphatic heterocycles. The molecule has 0 radical (unpaired) electrons. The van der Waals surface area contributed by atoms with Gasteiger partial charge in [0.05, 0.1) is 23.6 Å². The Morgan fingerprint density at radius 3 is 3.08 bits per heavy atom. The predicted octanol–water partition coefficient (Wildman–Crippen LogP) is 2.28. The second kappa shape index (κ2) is 2.86. The molecule has 2 aromatic heterocycles. The molecule has 0 aliphatic rings. The summed E-state index contributed by atoms with van der Waals surface area (Å²) in [4.78, 5) is 4.02. The lowest BCUT2D eigenvalue weighted by atomic mass is 10.2. The van der Waals surface area contributed by atoms with E-state index in [1.54, 1.807) is 12.5 Å². The normalized spacial score (nSPS) is 10.2. The second-order valence-corrected chi connectivity index (χ2v) is 3.61. The maximum atomic E-state index is 8.84. The van der Waals surface area contributed by atoms with Crippen molar-refractivity contribution in [3.05, 3.63) is 34.3 Å². The maximum Gasteiger partial charge on any atom is 0.101 e. The lowest BCUT2D eigenvalue weighted by Crippen LogP contribution is -1.94. The van der Waals surface area contributed by atoms with Gasteiger partial charge in [-0.3, -0.25) is 0 Å². The minimum Gasteiger partial charge on any atom is -0.301 e. The van der Waals surface area contributed by atoms with Crippen LogP contribution in [0.3, 0.4) is 0 Å². The fourth-order valence-electron chi connectivity index (χ4n) is 1.29. The van der Waals surface area contributed by atoms with E-state index in [-0.39, 0.29) is 0 Å². The molecule has 2 rings (SSSR count). The number of halogens is 1.